The molecule has 1 aromatic heterocycles. The van der Waals surface area contributed by atoms with E-state index < -0.39 is 0 Å². The van der Waals surface area contributed by atoms with Crippen molar-refractivity contribution in [2.24, 2.45) is 0 Å². The predicted octanol–water partition coefficient (Wildman–Crippen LogP) is 3.31. The van der Waals surface area contributed by atoms with Gasteiger partial charge in [0.1, 0.15) is 11.9 Å². The lowest BCUT2D eigenvalue weighted by Crippen LogP contribution is -2.42. The monoisotopic (exact) mass is 359 g/mol. The number of anilines is 1. The number of aryl methyl sites for hydroxylation is 1. The van der Waals surface area contributed by atoms with Crippen LogP contribution in [0.1, 0.15) is 23.8 Å². The molecule has 1 fully saturated rings. The van der Waals surface area contributed by atoms with Gasteiger partial charge >= 0.3 is 0 Å². The first kappa shape index (κ1) is 17.7. The minimum atomic E-state index is -0.179. The fourth-order valence-electron chi connectivity index (χ4n) is 2.89. The summed E-state index contributed by atoms with van der Waals surface area (Å²) in [6.45, 7) is 1.70. The highest BCUT2D eigenvalue weighted by Gasteiger charge is 2.26. The van der Waals surface area contributed by atoms with Gasteiger partial charge in [0.25, 0.3) is 0 Å². The maximum atomic E-state index is 12.5. The molecule has 1 N–H and O–H groups in total. The van der Waals surface area contributed by atoms with E-state index in [2.05, 4.69) is 10.3 Å². The lowest BCUT2D eigenvalue weighted by Gasteiger charge is -2.33. The molecule has 0 spiro atoms. The summed E-state index contributed by atoms with van der Waals surface area (Å²) in [5.74, 6) is 0.945. The standard InChI is InChI=1S/C19H22ClN3O2/c1-21-18-4-2-3-16(22-18)17-13-23(11-12-25-17)19(24)10-7-14-5-8-15(20)9-6-14/h2-6,8-9,17H,7,10-13H2,1H3,(H,21,22)/t17-/m0/s1. The van der Waals surface area contributed by atoms with Crippen molar-refractivity contribution in [3.8, 4) is 0 Å². The van der Waals surface area contributed by atoms with E-state index in [9.17, 15) is 4.79 Å². The fraction of sp³-hybridized carbons (Fsp3) is 0.368. The number of amides is 1. The largest absolute Gasteiger partial charge is 0.373 e. The number of pyridine rings is 1. The molecule has 1 saturated heterocycles. The van der Waals surface area contributed by atoms with Crippen LogP contribution in [0.15, 0.2) is 42.5 Å². The fourth-order valence-corrected chi connectivity index (χ4v) is 3.01. The van der Waals surface area contributed by atoms with Crippen LogP contribution in [-0.2, 0) is 16.0 Å². The summed E-state index contributed by atoms with van der Waals surface area (Å²) < 4.78 is 5.82. The molecule has 1 aromatic carbocycles. The Bertz CT molecular complexity index is 721. The Morgan fingerprint density at radius 1 is 1.32 bits per heavy atom. The van der Waals surface area contributed by atoms with Crippen LogP contribution in [0, 0.1) is 0 Å². The van der Waals surface area contributed by atoms with E-state index in [1.807, 2.05) is 54.4 Å². The highest BCUT2D eigenvalue weighted by atomic mass is 35.5. The van der Waals surface area contributed by atoms with Crippen LogP contribution in [0.4, 0.5) is 5.82 Å². The van der Waals surface area contributed by atoms with Gasteiger partial charge in [0.2, 0.25) is 5.91 Å². The molecule has 1 aliphatic rings. The first-order valence-corrected chi connectivity index (χ1v) is 8.82. The maximum absolute atomic E-state index is 12.5. The third-order valence-electron chi connectivity index (χ3n) is 4.32. The van der Waals surface area contributed by atoms with Crippen LogP contribution in [0.3, 0.4) is 0 Å². The van der Waals surface area contributed by atoms with Crippen molar-refractivity contribution >= 4 is 23.3 Å². The summed E-state index contributed by atoms with van der Waals surface area (Å²) in [7, 11) is 1.83. The smallest absolute Gasteiger partial charge is 0.223 e. The van der Waals surface area contributed by atoms with Gasteiger partial charge in [0, 0.05) is 25.0 Å². The third-order valence-corrected chi connectivity index (χ3v) is 4.57. The topological polar surface area (TPSA) is 54.5 Å². The molecule has 1 atom stereocenters. The zero-order chi connectivity index (χ0) is 17.6. The number of halogens is 1. The van der Waals surface area contributed by atoms with Gasteiger partial charge < -0.3 is 15.0 Å². The minimum absolute atomic E-state index is 0.146. The quantitative estimate of drug-likeness (QED) is 0.889. The van der Waals surface area contributed by atoms with Gasteiger partial charge in [-0.3, -0.25) is 4.79 Å². The first-order chi connectivity index (χ1) is 12.2. The van der Waals surface area contributed by atoms with E-state index in [1.54, 1.807) is 0 Å². The molecule has 3 rings (SSSR count). The molecule has 5 nitrogen and oxygen atoms in total. The number of carbonyl (C=O) groups is 1. The van der Waals surface area contributed by atoms with Crippen molar-refractivity contribution in [2.75, 3.05) is 32.1 Å². The molecule has 0 saturated carbocycles. The van der Waals surface area contributed by atoms with Gasteiger partial charge in [-0.15, -0.1) is 0 Å². The van der Waals surface area contributed by atoms with Gasteiger partial charge in [-0.2, -0.15) is 0 Å². The Labute approximate surface area is 153 Å². The molecule has 0 bridgehead atoms. The van der Waals surface area contributed by atoms with Crippen molar-refractivity contribution in [1.29, 1.82) is 0 Å². The van der Waals surface area contributed by atoms with E-state index in [4.69, 9.17) is 16.3 Å². The summed E-state index contributed by atoms with van der Waals surface area (Å²) >= 11 is 5.89. The van der Waals surface area contributed by atoms with E-state index in [-0.39, 0.29) is 12.0 Å². The normalized spacial score (nSPS) is 17.4. The van der Waals surface area contributed by atoms with E-state index in [1.165, 1.54) is 0 Å². The Morgan fingerprint density at radius 2 is 2.12 bits per heavy atom. The van der Waals surface area contributed by atoms with Crippen LogP contribution >= 0.6 is 11.6 Å². The Hall–Kier alpha value is -2.11. The number of ether oxygens (including phenoxy) is 1. The molecular formula is C19H22ClN3O2. The average molecular weight is 360 g/mol. The number of rotatable bonds is 5. The van der Waals surface area contributed by atoms with Gasteiger partial charge in [-0.1, -0.05) is 29.8 Å². The number of hydrogen-bond acceptors (Lipinski definition) is 4. The predicted molar refractivity (Wildman–Crippen MR) is 98.8 cm³/mol. The third kappa shape index (κ3) is 4.71. The number of aromatic nitrogens is 1. The molecule has 132 valence electrons. The van der Waals surface area contributed by atoms with Crippen molar-refractivity contribution < 1.29 is 9.53 Å². The van der Waals surface area contributed by atoms with Crippen LogP contribution in [0.5, 0.6) is 0 Å². The van der Waals surface area contributed by atoms with Crippen LogP contribution in [-0.4, -0.2) is 42.5 Å². The molecule has 0 radical (unpaired) electrons. The highest BCUT2D eigenvalue weighted by molar-refractivity contribution is 6.30. The highest BCUT2D eigenvalue weighted by Crippen LogP contribution is 2.22. The molecule has 2 aromatic rings. The molecule has 6 heteroatoms. The van der Waals surface area contributed by atoms with Crippen molar-refractivity contribution in [3.63, 3.8) is 0 Å². The minimum Gasteiger partial charge on any atom is -0.373 e. The Balaban J connectivity index is 1.58. The molecule has 0 aliphatic carbocycles. The summed E-state index contributed by atoms with van der Waals surface area (Å²) in [4.78, 5) is 18.9. The Kier molecular flexibility index (Phi) is 5.89. The molecular weight excluding hydrogens is 338 g/mol. The zero-order valence-electron chi connectivity index (χ0n) is 14.2. The van der Waals surface area contributed by atoms with Crippen LogP contribution in [0.2, 0.25) is 5.02 Å². The van der Waals surface area contributed by atoms with E-state index in [0.29, 0.717) is 37.6 Å². The van der Waals surface area contributed by atoms with Crippen molar-refractivity contribution in [3.05, 3.63) is 58.7 Å². The second-order valence-corrected chi connectivity index (χ2v) is 6.46. The van der Waals surface area contributed by atoms with Gasteiger partial charge in [-0.25, -0.2) is 4.98 Å². The molecule has 1 amide bonds. The second kappa shape index (κ2) is 8.32. The number of carbonyl (C=O) groups excluding carboxylic acids is 1. The Morgan fingerprint density at radius 3 is 2.88 bits per heavy atom. The first-order valence-electron chi connectivity index (χ1n) is 8.44. The lowest BCUT2D eigenvalue weighted by molar-refractivity contribution is -0.139. The van der Waals surface area contributed by atoms with Gasteiger partial charge in [0.15, 0.2) is 0 Å². The molecule has 25 heavy (non-hydrogen) atoms. The molecule has 0 unspecified atom stereocenters. The maximum Gasteiger partial charge on any atom is 0.223 e. The zero-order valence-corrected chi connectivity index (χ0v) is 15.0. The number of morpholine rings is 1. The second-order valence-electron chi connectivity index (χ2n) is 6.02. The lowest BCUT2D eigenvalue weighted by atomic mass is 10.1. The molecule has 2 heterocycles. The van der Waals surface area contributed by atoms with Crippen LogP contribution < -0.4 is 5.32 Å². The van der Waals surface area contributed by atoms with Gasteiger partial charge in [0.05, 0.1) is 18.8 Å². The van der Waals surface area contributed by atoms with E-state index in [0.717, 1.165) is 17.1 Å². The summed E-state index contributed by atoms with van der Waals surface area (Å²) in [6, 6.07) is 13.4. The van der Waals surface area contributed by atoms with Gasteiger partial charge in [-0.05, 0) is 36.2 Å². The summed E-state index contributed by atoms with van der Waals surface area (Å²) in [6.07, 6.45) is 1.02. The van der Waals surface area contributed by atoms with Crippen molar-refractivity contribution in [2.45, 2.75) is 18.9 Å². The SMILES string of the molecule is CNc1cccc([C@@H]2CN(C(=O)CCc3ccc(Cl)cc3)CCO2)n1. The number of nitrogens with zero attached hydrogens (tertiary/aromatic N) is 2. The number of nitrogens with one attached hydrogen (secondary N) is 1. The van der Waals surface area contributed by atoms with E-state index >= 15 is 0 Å². The van der Waals surface area contributed by atoms with Crippen LogP contribution in [0.25, 0.3) is 0 Å². The summed E-state index contributed by atoms with van der Waals surface area (Å²) in [5.41, 5.74) is 1.97. The summed E-state index contributed by atoms with van der Waals surface area (Å²) in [5, 5.41) is 3.74. The average Bonchev–Trinajstić information content (AvgIpc) is 2.67. The molecule has 1 aliphatic heterocycles. The number of benzene rings is 1. The number of hydrogen-bond donors (Lipinski definition) is 1. The van der Waals surface area contributed by atoms with Crippen molar-refractivity contribution in [1.82, 2.24) is 9.88 Å².